The van der Waals surface area contributed by atoms with E-state index in [1.165, 1.54) is 4.90 Å². The molecule has 3 N–H and O–H groups in total. The molecule has 1 atom stereocenters. The maximum absolute atomic E-state index is 11.2. The second-order valence-corrected chi connectivity index (χ2v) is 2.94. The van der Waals surface area contributed by atoms with Crippen LogP contribution in [0.2, 0.25) is 0 Å². The van der Waals surface area contributed by atoms with E-state index in [4.69, 9.17) is 10.2 Å². The lowest BCUT2D eigenvalue weighted by Crippen LogP contribution is -2.48. The van der Waals surface area contributed by atoms with Crippen LogP contribution in [0.4, 0.5) is 4.79 Å². The van der Waals surface area contributed by atoms with E-state index in [-0.39, 0.29) is 0 Å². The smallest absolute Gasteiger partial charge is 0.328 e. The van der Waals surface area contributed by atoms with Crippen molar-refractivity contribution in [3.05, 3.63) is 0 Å². The molecule has 0 heterocycles. The van der Waals surface area contributed by atoms with Crippen molar-refractivity contribution in [3.63, 3.8) is 0 Å². The second-order valence-electron chi connectivity index (χ2n) is 2.94. The van der Waals surface area contributed by atoms with E-state index in [9.17, 15) is 9.59 Å². The number of aliphatic hydroxyl groups is 1. The van der Waals surface area contributed by atoms with E-state index in [2.05, 4.69) is 5.32 Å². The Labute approximate surface area is 82.5 Å². The van der Waals surface area contributed by atoms with Crippen LogP contribution in [0.5, 0.6) is 0 Å². The van der Waals surface area contributed by atoms with Crippen LogP contribution in [0.25, 0.3) is 0 Å². The van der Waals surface area contributed by atoms with Gasteiger partial charge >= 0.3 is 12.0 Å². The number of carbonyl (C=O) groups excluding carboxylic acids is 1. The zero-order chi connectivity index (χ0) is 11.1. The summed E-state index contributed by atoms with van der Waals surface area (Å²) in [5.74, 6) is -1.24. The van der Waals surface area contributed by atoms with Crippen LogP contribution in [0.1, 0.15) is 13.3 Å². The number of urea groups is 1. The number of amides is 2. The Morgan fingerprint density at radius 2 is 2.07 bits per heavy atom. The van der Waals surface area contributed by atoms with Crippen molar-refractivity contribution in [1.29, 1.82) is 0 Å². The lowest BCUT2D eigenvalue weighted by Gasteiger charge is -2.19. The number of aliphatic hydroxyl groups excluding tert-OH is 1. The number of nitrogens with zero attached hydrogens (tertiary/aromatic N) is 1. The average Bonchev–Trinajstić information content (AvgIpc) is 2.13. The first-order valence-electron chi connectivity index (χ1n) is 4.38. The van der Waals surface area contributed by atoms with Crippen molar-refractivity contribution >= 4 is 12.0 Å². The molecular weight excluding hydrogens is 188 g/mol. The van der Waals surface area contributed by atoms with Gasteiger partial charge in [0.2, 0.25) is 0 Å². The highest BCUT2D eigenvalue weighted by Crippen LogP contribution is 1.90. The van der Waals surface area contributed by atoms with E-state index in [0.717, 1.165) is 6.42 Å². The molecule has 0 fully saturated rings. The summed E-state index contributed by atoms with van der Waals surface area (Å²) in [6.07, 6.45) is 0.792. The fourth-order valence-electron chi connectivity index (χ4n) is 0.882. The van der Waals surface area contributed by atoms with E-state index < -0.39 is 24.6 Å². The molecule has 14 heavy (non-hydrogen) atoms. The van der Waals surface area contributed by atoms with Crippen molar-refractivity contribution in [2.45, 2.75) is 19.4 Å². The number of carboxylic acid groups (broad SMARTS) is 1. The van der Waals surface area contributed by atoms with Gasteiger partial charge in [-0.3, -0.25) is 0 Å². The van der Waals surface area contributed by atoms with Gasteiger partial charge in [-0.25, -0.2) is 9.59 Å². The van der Waals surface area contributed by atoms with Crippen molar-refractivity contribution in [1.82, 2.24) is 10.2 Å². The first-order valence-corrected chi connectivity index (χ1v) is 4.38. The maximum Gasteiger partial charge on any atom is 0.328 e. The molecule has 82 valence electrons. The molecule has 0 unspecified atom stereocenters. The summed E-state index contributed by atoms with van der Waals surface area (Å²) in [6.45, 7) is 1.84. The van der Waals surface area contributed by atoms with Gasteiger partial charge in [0.1, 0.15) is 0 Å². The van der Waals surface area contributed by atoms with Crippen molar-refractivity contribution < 1.29 is 19.8 Å². The quantitative estimate of drug-likeness (QED) is 0.562. The number of carbonyl (C=O) groups is 2. The Bertz CT molecular complexity index is 208. The van der Waals surface area contributed by atoms with Gasteiger partial charge in [0.25, 0.3) is 0 Å². The number of rotatable bonds is 5. The van der Waals surface area contributed by atoms with Crippen molar-refractivity contribution in [2.75, 3.05) is 20.2 Å². The molecule has 0 rings (SSSR count). The Balaban J connectivity index is 4.08. The molecule has 0 saturated heterocycles. The summed E-state index contributed by atoms with van der Waals surface area (Å²) >= 11 is 0. The van der Waals surface area contributed by atoms with Gasteiger partial charge in [-0.05, 0) is 6.42 Å². The summed E-state index contributed by atoms with van der Waals surface area (Å²) in [5, 5.41) is 19.4. The fourth-order valence-corrected chi connectivity index (χ4v) is 0.882. The molecule has 0 aliphatic heterocycles. The highest BCUT2D eigenvalue weighted by Gasteiger charge is 2.20. The number of nitrogens with one attached hydrogen (secondary N) is 1. The Morgan fingerprint density at radius 1 is 1.50 bits per heavy atom. The van der Waals surface area contributed by atoms with Gasteiger partial charge < -0.3 is 20.4 Å². The summed E-state index contributed by atoms with van der Waals surface area (Å²) in [7, 11) is 1.56. The summed E-state index contributed by atoms with van der Waals surface area (Å²) < 4.78 is 0. The maximum atomic E-state index is 11.2. The monoisotopic (exact) mass is 204 g/mol. The molecule has 0 aromatic rings. The summed E-state index contributed by atoms with van der Waals surface area (Å²) in [5.41, 5.74) is 0. The molecule has 0 saturated carbocycles. The van der Waals surface area contributed by atoms with Gasteiger partial charge in [0, 0.05) is 13.6 Å². The second kappa shape index (κ2) is 6.20. The van der Waals surface area contributed by atoms with E-state index in [0.29, 0.717) is 6.54 Å². The Hall–Kier alpha value is -1.30. The summed E-state index contributed by atoms with van der Waals surface area (Å²) in [4.78, 5) is 23.1. The van der Waals surface area contributed by atoms with Crippen LogP contribution in [-0.4, -0.2) is 53.4 Å². The van der Waals surface area contributed by atoms with Crippen molar-refractivity contribution in [3.8, 4) is 0 Å². The van der Waals surface area contributed by atoms with Gasteiger partial charge in [0.05, 0.1) is 6.61 Å². The SMILES string of the molecule is CCCN(C)C(=O)N[C@@H](CO)C(=O)O. The fraction of sp³-hybridized carbons (Fsp3) is 0.750. The van der Waals surface area contributed by atoms with E-state index in [1.807, 2.05) is 6.92 Å². The zero-order valence-corrected chi connectivity index (χ0v) is 8.36. The lowest BCUT2D eigenvalue weighted by atomic mass is 10.3. The first-order chi connectivity index (χ1) is 6.52. The third-order valence-electron chi connectivity index (χ3n) is 1.68. The predicted molar refractivity (Wildman–Crippen MR) is 50.0 cm³/mol. The molecule has 0 radical (unpaired) electrons. The molecule has 6 heteroatoms. The Morgan fingerprint density at radius 3 is 2.43 bits per heavy atom. The zero-order valence-electron chi connectivity index (χ0n) is 8.36. The van der Waals surface area contributed by atoms with E-state index >= 15 is 0 Å². The highest BCUT2D eigenvalue weighted by molar-refractivity contribution is 5.82. The molecular formula is C8H16N2O4. The largest absolute Gasteiger partial charge is 0.480 e. The number of carboxylic acids is 1. The molecule has 0 aromatic carbocycles. The molecule has 6 nitrogen and oxygen atoms in total. The minimum atomic E-state index is -1.24. The topological polar surface area (TPSA) is 89.9 Å². The molecule has 2 amide bonds. The van der Waals surface area contributed by atoms with Gasteiger partial charge in [-0.1, -0.05) is 6.92 Å². The molecule has 0 aromatic heterocycles. The van der Waals surface area contributed by atoms with Crippen LogP contribution in [0.3, 0.4) is 0 Å². The molecule has 0 aliphatic rings. The third-order valence-corrected chi connectivity index (χ3v) is 1.68. The summed E-state index contributed by atoms with van der Waals surface area (Å²) in [6, 6.07) is -1.73. The molecule has 0 spiro atoms. The predicted octanol–water partition coefficient (Wildman–Crippen LogP) is -0.517. The van der Waals surface area contributed by atoms with Crippen LogP contribution in [0, 0.1) is 0 Å². The van der Waals surface area contributed by atoms with Crippen LogP contribution in [-0.2, 0) is 4.79 Å². The standard InChI is InChI=1S/C8H16N2O4/c1-3-4-10(2)8(14)9-6(5-11)7(12)13/h6,11H,3-5H2,1-2H3,(H,9,14)(H,12,13)/t6-/m0/s1. The third kappa shape index (κ3) is 4.08. The van der Waals surface area contributed by atoms with Gasteiger partial charge in [-0.15, -0.1) is 0 Å². The van der Waals surface area contributed by atoms with Crippen LogP contribution < -0.4 is 5.32 Å². The number of hydrogen-bond acceptors (Lipinski definition) is 3. The average molecular weight is 204 g/mol. The normalized spacial score (nSPS) is 11.9. The van der Waals surface area contributed by atoms with Gasteiger partial charge in [0.15, 0.2) is 6.04 Å². The highest BCUT2D eigenvalue weighted by atomic mass is 16.4. The minimum Gasteiger partial charge on any atom is -0.480 e. The number of aliphatic carboxylic acids is 1. The van der Waals surface area contributed by atoms with Crippen LogP contribution >= 0.6 is 0 Å². The first kappa shape index (κ1) is 12.7. The van der Waals surface area contributed by atoms with Crippen molar-refractivity contribution in [2.24, 2.45) is 0 Å². The van der Waals surface area contributed by atoms with Gasteiger partial charge in [-0.2, -0.15) is 0 Å². The lowest BCUT2D eigenvalue weighted by molar-refractivity contribution is -0.140. The minimum absolute atomic E-state index is 0.492. The van der Waals surface area contributed by atoms with E-state index in [1.54, 1.807) is 7.05 Å². The van der Waals surface area contributed by atoms with Crippen LogP contribution in [0.15, 0.2) is 0 Å². The number of hydrogen-bond donors (Lipinski definition) is 3. The molecule has 0 bridgehead atoms. The molecule has 0 aliphatic carbocycles. The Kier molecular flexibility index (Phi) is 5.62.